The minimum atomic E-state index is -1.30. The van der Waals surface area contributed by atoms with Crippen LogP contribution in [0.15, 0.2) is 23.1 Å². The molecule has 2 saturated heterocycles. The van der Waals surface area contributed by atoms with E-state index < -0.39 is 17.2 Å². The summed E-state index contributed by atoms with van der Waals surface area (Å²) in [5.74, 6) is -1.83. The maximum absolute atomic E-state index is 15.3. The van der Waals surface area contributed by atoms with E-state index in [1.165, 1.54) is 12.3 Å². The summed E-state index contributed by atoms with van der Waals surface area (Å²) in [4.78, 5) is 26.3. The van der Waals surface area contributed by atoms with Gasteiger partial charge in [0.15, 0.2) is 0 Å². The predicted octanol–water partition coefficient (Wildman–Crippen LogP) is 2.14. The van der Waals surface area contributed by atoms with Crippen molar-refractivity contribution >= 4 is 22.6 Å². The third kappa shape index (κ3) is 3.78. The summed E-state index contributed by atoms with van der Waals surface area (Å²) >= 11 is 0. The summed E-state index contributed by atoms with van der Waals surface area (Å²) in [5.41, 5.74) is -0.0167. The van der Waals surface area contributed by atoms with Gasteiger partial charge in [0.25, 0.3) is 0 Å². The zero-order chi connectivity index (χ0) is 22.6. The number of carbonyl (C=O) groups is 1. The number of morpholine rings is 2. The molecule has 32 heavy (non-hydrogen) atoms. The van der Waals surface area contributed by atoms with Gasteiger partial charge in [-0.15, -0.1) is 0 Å². The highest BCUT2D eigenvalue weighted by Crippen LogP contribution is 2.38. The second-order valence-electron chi connectivity index (χ2n) is 9.19. The number of pyridine rings is 1. The quantitative estimate of drug-likeness (QED) is 0.745. The zero-order valence-corrected chi connectivity index (χ0v) is 18.2. The molecule has 1 aromatic carbocycles. The summed E-state index contributed by atoms with van der Waals surface area (Å²) in [7, 11) is 0. The van der Waals surface area contributed by atoms with Crippen LogP contribution in [0.5, 0.6) is 0 Å². The van der Waals surface area contributed by atoms with Crippen LogP contribution >= 0.6 is 0 Å². The Balaban J connectivity index is 1.54. The van der Waals surface area contributed by atoms with Gasteiger partial charge >= 0.3 is 5.97 Å². The molecule has 0 bridgehead atoms. The molecule has 2 N–H and O–H groups in total. The van der Waals surface area contributed by atoms with Gasteiger partial charge in [0, 0.05) is 42.8 Å². The summed E-state index contributed by atoms with van der Waals surface area (Å²) in [6.45, 7) is 6.21. The predicted molar refractivity (Wildman–Crippen MR) is 117 cm³/mol. The van der Waals surface area contributed by atoms with Crippen LogP contribution in [0, 0.1) is 5.82 Å². The van der Waals surface area contributed by atoms with Gasteiger partial charge in [-0.1, -0.05) is 0 Å². The number of aromatic nitrogens is 1. The summed E-state index contributed by atoms with van der Waals surface area (Å²) < 4.78 is 29.1. The molecule has 5 rings (SSSR count). The average Bonchev–Trinajstić information content (AvgIpc) is 3.60. The lowest BCUT2D eigenvalue weighted by atomic mass is 10.0. The Kier molecular flexibility index (Phi) is 5.43. The van der Waals surface area contributed by atoms with E-state index in [1.807, 2.05) is 16.4 Å². The Bertz CT molecular complexity index is 1110. The number of rotatable bonds is 4. The Hall–Kier alpha value is -2.49. The molecule has 1 aromatic heterocycles. The molecule has 1 aliphatic carbocycles. The number of halogens is 1. The number of anilines is 1. The lowest BCUT2D eigenvalue weighted by Crippen LogP contribution is -2.58. The molecule has 3 aliphatic rings. The molecule has 2 aromatic rings. The molecular weight excluding hydrogens is 417 g/mol. The van der Waals surface area contributed by atoms with Crippen molar-refractivity contribution in [3.05, 3.63) is 39.9 Å². The number of aromatic carboxylic acids is 1. The topological polar surface area (TPSA) is 93.0 Å². The van der Waals surface area contributed by atoms with E-state index in [1.54, 1.807) is 6.07 Å². The average molecular weight is 445 g/mol. The van der Waals surface area contributed by atoms with Gasteiger partial charge in [-0.3, -0.25) is 4.79 Å². The first kappa shape index (κ1) is 21.4. The second-order valence-corrected chi connectivity index (χ2v) is 9.19. The number of nitrogens with zero attached hydrogens (tertiary/aromatic N) is 2. The van der Waals surface area contributed by atoms with E-state index >= 15 is 4.39 Å². The van der Waals surface area contributed by atoms with Gasteiger partial charge in [0.05, 0.1) is 30.5 Å². The minimum absolute atomic E-state index is 0.0620. The van der Waals surface area contributed by atoms with E-state index in [0.29, 0.717) is 37.5 Å². The maximum Gasteiger partial charge on any atom is 0.341 e. The van der Waals surface area contributed by atoms with Crippen LogP contribution in [0.25, 0.3) is 10.9 Å². The van der Waals surface area contributed by atoms with E-state index in [4.69, 9.17) is 9.47 Å². The first-order valence-electron chi connectivity index (χ1n) is 11.2. The Labute approximate surface area is 184 Å². The largest absolute Gasteiger partial charge is 0.477 e. The molecule has 0 spiro atoms. The van der Waals surface area contributed by atoms with Crippen molar-refractivity contribution in [2.45, 2.75) is 57.0 Å². The molecule has 172 valence electrons. The van der Waals surface area contributed by atoms with Crippen molar-refractivity contribution in [2.24, 2.45) is 0 Å². The zero-order valence-electron chi connectivity index (χ0n) is 18.2. The highest BCUT2D eigenvalue weighted by molar-refractivity contribution is 5.93. The number of fused-ring (bicyclic) bond motifs is 1. The molecule has 9 heteroatoms. The fraction of sp³-hybridized carbons (Fsp3) is 0.565. The van der Waals surface area contributed by atoms with Crippen molar-refractivity contribution < 1.29 is 23.8 Å². The molecule has 0 amide bonds. The molecule has 1 saturated carbocycles. The van der Waals surface area contributed by atoms with Crippen molar-refractivity contribution in [2.75, 3.05) is 31.2 Å². The van der Waals surface area contributed by atoms with Gasteiger partial charge < -0.3 is 29.4 Å². The molecule has 2 aliphatic heterocycles. The van der Waals surface area contributed by atoms with Crippen LogP contribution in [-0.4, -0.2) is 66.2 Å². The van der Waals surface area contributed by atoms with Crippen LogP contribution in [0.4, 0.5) is 10.1 Å². The van der Waals surface area contributed by atoms with E-state index in [0.717, 1.165) is 12.8 Å². The first-order chi connectivity index (χ1) is 15.3. The van der Waals surface area contributed by atoms with Crippen LogP contribution < -0.4 is 15.6 Å². The third-order valence-corrected chi connectivity index (χ3v) is 6.68. The molecule has 0 radical (unpaired) electrons. The number of benzene rings is 1. The molecule has 3 heterocycles. The maximum atomic E-state index is 15.3. The number of hydrogen-bond donors (Lipinski definition) is 2. The van der Waals surface area contributed by atoms with Crippen molar-refractivity contribution in [3.8, 4) is 0 Å². The highest BCUT2D eigenvalue weighted by Gasteiger charge is 2.36. The Morgan fingerprint density at radius 1 is 1.19 bits per heavy atom. The van der Waals surface area contributed by atoms with E-state index in [9.17, 15) is 14.7 Å². The van der Waals surface area contributed by atoms with E-state index in [2.05, 4.69) is 12.2 Å². The Morgan fingerprint density at radius 3 is 2.59 bits per heavy atom. The Morgan fingerprint density at radius 2 is 1.94 bits per heavy atom. The highest BCUT2D eigenvalue weighted by atomic mass is 19.1. The summed E-state index contributed by atoms with van der Waals surface area (Å²) in [6.07, 6.45) is 2.89. The standard InChI is InChI=1S/C23H28FN3O5/c1-12-10-31-20(7-25-12)21-9-26(13(2)11-32-21)19-6-18-15(5-17(19)24)22(28)16(23(29)30)8-27(18)14-3-4-14/h5-6,8,12-14,20-21,25H,3-4,7,9-11H2,1-2H3,(H,29,30)/t12-,13-,20-,21-/m0/s1. The lowest BCUT2D eigenvalue weighted by Gasteiger charge is -2.43. The number of nitrogens with one attached hydrogen (secondary N) is 1. The number of ether oxygens (including phenoxy) is 2. The molecule has 3 fully saturated rings. The molecule has 0 unspecified atom stereocenters. The summed E-state index contributed by atoms with van der Waals surface area (Å²) in [5, 5.41) is 12.9. The van der Waals surface area contributed by atoms with Crippen LogP contribution in [0.1, 0.15) is 43.1 Å². The normalized spacial score (nSPS) is 28.8. The SMILES string of the molecule is C[C@H]1CO[C@H]([C@@H]2CN(c3cc4c(cc3F)c(=O)c(C(=O)O)cn4C3CC3)[C@@H](C)CO2)CN1. The minimum Gasteiger partial charge on any atom is -0.477 e. The fourth-order valence-corrected chi connectivity index (χ4v) is 4.67. The van der Waals surface area contributed by atoms with Crippen molar-refractivity contribution in [3.63, 3.8) is 0 Å². The number of hydrogen-bond acceptors (Lipinski definition) is 6. The van der Waals surface area contributed by atoms with E-state index in [-0.39, 0.29) is 41.3 Å². The first-order valence-corrected chi connectivity index (χ1v) is 11.2. The fourth-order valence-electron chi connectivity index (χ4n) is 4.67. The van der Waals surface area contributed by atoms with Gasteiger partial charge in [-0.25, -0.2) is 9.18 Å². The van der Waals surface area contributed by atoms with Crippen LogP contribution in [0.3, 0.4) is 0 Å². The van der Waals surface area contributed by atoms with Gasteiger partial charge in [0.1, 0.15) is 17.5 Å². The van der Waals surface area contributed by atoms with Crippen molar-refractivity contribution in [1.82, 2.24) is 9.88 Å². The number of carboxylic acid groups (broad SMARTS) is 1. The second kappa shape index (κ2) is 8.13. The van der Waals surface area contributed by atoms with Gasteiger partial charge in [-0.05, 0) is 38.8 Å². The third-order valence-electron chi connectivity index (χ3n) is 6.68. The lowest BCUT2D eigenvalue weighted by molar-refractivity contribution is -0.102. The smallest absolute Gasteiger partial charge is 0.341 e. The number of carboxylic acids is 1. The van der Waals surface area contributed by atoms with Gasteiger partial charge in [-0.2, -0.15) is 0 Å². The molecule has 4 atom stereocenters. The molecule has 8 nitrogen and oxygen atoms in total. The monoisotopic (exact) mass is 445 g/mol. The van der Waals surface area contributed by atoms with Crippen LogP contribution in [-0.2, 0) is 9.47 Å². The summed E-state index contributed by atoms with van der Waals surface area (Å²) in [6, 6.07) is 3.24. The van der Waals surface area contributed by atoms with Crippen LogP contribution in [0.2, 0.25) is 0 Å². The van der Waals surface area contributed by atoms with Crippen molar-refractivity contribution in [1.29, 1.82) is 0 Å². The van der Waals surface area contributed by atoms with Gasteiger partial charge in [0.2, 0.25) is 5.43 Å². The molecular formula is C23H28FN3O5.